The SMILES string of the molecule is CNCC1CC1(C(=O)OC)c1ccc(C)cc1.CNCCCC(=O)c1ccc(F)cc1.CNCCCc1ccccc1. The number of ether oxygens (including phenoxy) is 1. The van der Waals surface area contributed by atoms with Crippen LogP contribution in [0.2, 0.25) is 0 Å². The number of halogens is 1. The first-order valence-corrected chi connectivity index (χ1v) is 14.7. The minimum Gasteiger partial charge on any atom is -0.468 e. The Bertz CT molecular complexity index is 1190. The predicted molar refractivity (Wildman–Crippen MR) is 169 cm³/mol. The van der Waals surface area contributed by atoms with E-state index in [1.54, 1.807) is 0 Å². The highest BCUT2D eigenvalue weighted by atomic mass is 19.1. The highest BCUT2D eigenvalue weighted by Gasteiger charge is 2.61. The molecule has 0 amide bonds. The topological polar surface area (TPSA) is 79.5 Å². The van der Waals surface area contributed by atoms with Crippen molar-refractivity contribution in [3.63, 3.8) is 0 Å². The summed E-state index contributed by atoms with van der Waals surface area (Å²) >= 11 is 0. The van der Waals surface area contributed by atoms with Gasteiger partial charge in [0.1, 0.15) is 5.82 Å². The van der Waals surface area contributed by atoms with Crippen LogP contribution in [0, 0.1) is 18.7 Å². The third-order valence-corrected chi connectivity index (χ3v) is 7.40. The summed E-state index contributed by atoms with van der Waals surface area (Å²) in [6.07, 6.45) is 4.60. The van der Waals surface area contributed by atoms with Crippen LogP contribution in [-0.2, 0) is 21.4 Å². The molecule has 1 saturated carbocycles. The maximum absolute atomic E-state index is 12.5. The van der Waals surface area contributed by atoms with Gasteiger partial charge in [0, 0.05) is 12.0 Å². The number of Topliss-reactive ketones (excluding diaryl/α,β-unsaturated/α-hetero) is 1. The minimum absolute atomic E-state index is 0.0697. The number of nitrogens with one attached hydrogen (secondary N) is 3. The number of rotatable bonds is 13. The van der Waals surface area contributed by atoms with Gasteiger partial charge in [-0.3, -0.25) is 9.59 Å². The lowest BCUT2D eigenvalue weighted by atomic mass is 9.92. The molecule has 42 heavy (non-hydrogen) atoms. The fourth-order valence-electron chi connectivity index (χ4n) is 4.90. The molecule has 3 N–H and O–H groups in total. The Hall–Kier alpha value is -3.39. The van der Waals surface area contributed by atoms with Crippen LogP contribution in [-0.4, -0.2) is 59.6 Å². The number of carbonyl (C=O) groups excluding carboxylic acids is 2. The van der Waals surface area contributed by atoms with Crippen molar-refractivity contribution >= 4 is 11.8 Å². The predicted octanol–water partition coefficient (Wildman–Crippen LogP) is 5.49. The molecule has 0 heterocycles. The summed E-state index contributed by atoms with van der Waals surface area (Å²) in [4.78, 5) is 23.5. The van der Waals surface area contributed by atoms with E-state index < -0.39 is 5.41 Å². The molecule has 0 aliphatic heterocycles. The van der Waals surface area contributed by atoms with E-state index in [0.29, 0.717) is 17.9 Å². The third-order valence-electron chi connectivity index (χ3n) is 7.40. The summed E-state index contributed by atoms with van der Waals surface area (Å²) in [5.41, 5.74) is 3.89. The van der Waals surface area contributed by atoms with Gasteiger partial charge in [-0.15, -0.1) is 0 Å². The molecule has 1 fully saturated rings. The summed E-state index contributed by atoms with van der Waals surface area (Å²) in [5, 5.41) is 9.25. The van der Waals surface area contributed by atoms with Crippen molar-refractivity contribution in [1.29, 1.82) is 0 Å². The van der Waals surface area contributed by atoms with Gasteiger partial charge < -0.3 is 20.7 Å². The Morgan fingerprint density at radius 1 is 0.857 bits per heavy atom. The Morgan fingerprint density at radius 2 is 1.48 bits per heavy atom. The lowest BCUT2D eigenvalue weighted by Gasteiger charge is -2.15. The molecule has 7 heteroatoms. The molecule has 0 radical (unpaired) electrons. The monoisotopic (exact) mass is 577 g/mol. The third kappa shape index (κ3) is 11.1. The van der Waals surface area contributed by atoms with Crippen molar-refractivity contribution in [2.75, 3.05) is 47.9 Å². The van der Waals surface area contributed by atoms with Gasteiger partial charge in [0.05, 0.1) is 12.5 Å². The number of esters is 1. The molecule has 1 aliphatic rings. The second-order valence-electron chi connectivity index (χ2n) is 10.6. The Labute approximate surface area is 251 Å². The second-order valence-corrected chi connectivity index (χ2v) is 10.6. The molecule has 0 bridgehead atoms. The van der Waals surface area contributed by atoms with Gasteiger partial charge >= 0.3 is 5.97 Å². The summed E-state index contributed by atoms with van der Waals surface area (Å²) < 4.78 is 17.5. The van der Waals surface area contributed by atoms with E-state index >= 15 is 0 Å². The Balaban J connectivity index is 0.000000226. The second kappa shape index (κ2) is 18.9. The first-order chi connectivity index (χ1) is 20.3. The molecular weight excluding hydrogens is 529 g/mol. The zero-order valence-electron chi connectivity index (χ0n) is 25.8. The fraction of sp³-hybridized carbons (Fsp3) is 0.429. The van der Waals surface area contributed by atoms with Crippen LogP contribution < -0.4 is 16.0 Å². The highest BCUT2D eigenvalue weighted by molar-refractivity contribution is 5.95. The molecule has 2 atom stereocenters. The standard InChI is InChI=1S/C14H19NO2.C11H14FNO.C10H15N/c1-10-4-6-11(7-5-10)14(13(16)17-3)8-12(14)9-15-2;1-13-8-2-3-11(14)9-4-6-10(12)7-5-9;1-11-9-5-8-10-6-3-2-4-7-10/h4-7,12,15H,8-9H2,1-3H3;4-7,13H,2-3,8H2,1H3;2-4,6-7,11H,5,8-9H2,1H3. The number of hydrogen-bond donors (Lipinski definition) is 3. The van der Waals surface area contributed by atoms with Gasteiger partial charge in [-0.2, -0.15) is 0 Å². The maximum Gasteiger partial charge on any atom is 0.316 e. The summed E-state index contributed by atoms with van der Waals surface area (Å²) in [6, 6.07) is 24.5. The van der Waals surface area contributed by atoms with E-state index in [1.807, 2.05) is 40.2 Å². The molecule has 0 spiro atoms. The lowest BCUT2D eigenvalue weighted by Crippen LogP contribution is -2.27. The van der Waals surface area contributed by atoms with E-state index in [0.717, 1.165) is 38.0 Å². The van der Waals surface area contributed by atoms with E-state index in [-0.39, 0.29) is 17.6 Å². The van der Waals surface area contributed by atoms with E-state index in [9.17, 15) is 14.0 Å². The van der Waals surface area contributed by atoms with Crippen LogP contribution in [0.1, 0.15) is 52.7 Å². The number of benzene rings is 3. The number of ketones is 1. The molecule has 0 saturated heterocycles. The molecule has 6 nitrogen and oxygen atoms in total. The summed E-state index contributed by atoms with van der Waals surface area (Å²) in [5.74, 6) is 0.00119. The van der Waals surface area contributed by atoms with E-state index in [2.05, 4.69) is 58.4 Å². The van der Waals surface area contributed by atoms with Crippen molar-refractivity contribution in [3.8, 4) is 0 Å². The lowest BCUT2D eigenvalue weighted by molar-refractivity contribution is -0.144. The Kier molecular flexibility index (Phi) is 15.7. The van der Waals surface area contributed by atoms with Crippen LogP contribution in [0.3, 0.4) is 0 Å². The number of hydrogen-bond acceptors (Lipinski definition) is 6. The van der Waals surface area contributed by atoms with Crippen LogP contribution in [0.4, 0.5) is 4.39 Å². The molecule has 3 aromatic rings. The van der Waals surface area contributed by atoms with E-state index in [1.165, 1.54) is 55.3 Å². The van der Waals surface area contributed by atoms with Crippen LogP contribution in [0.5, 0.6) is 0 Å². The molecule has 228 valence electrons. The van der Waals surface area contributed by atoms with Crippen molar-refractivity contribution in [3.05, 3.63) is 107 Å². The minimum atomic E-state index is -0.411. The molecule has 3 aromatic carbocycles. The van der Waals surface area contributed by atoms with E-state index in [4.69, 9.17) is 4.74 Å². The smallest absolute Gasteiger partial charge is 0.316 e. The first-order valence-electron chi connectivity index (χ1n) is 14.7. The van der Waals surface area contributed by atoms with Gasteiger partial charge in [0.15, 0.2) is 5.78 Å². The Morgan fingerprint density at radius 3 is 2.05 bits per heavy atom. The normalized spacial score (nSPS) is 16.8. The van der Waals surface area contributed by atoms with Gasteiger partial charge in [-0.25, -0.2) is 4.39 Å². The average molecular weight is 578 g/mol. The van der Waals surface area contributed by atoms with Crippen molar-refractivity contribution < 1.29 is 18.7 Å². The van der Waals surface area contributed by atoms with Gasteiger partial charge in [0.2, 0.25) is 0 Å². The number of methoxy groups -OCH3 is 1. The molecule has 2 unspecified atom stereocenters. The zero-order valence-corrected chi connectivity index (χ0v) is 25.8. The zero-order chi connectivity index (χ0) is 30.8. The van der Waals surface area contributed by atoms with Gasteiger partial charge in [0.25, 0.3) is 0 Å². The molecule has 1 aliphatic carbocycles. The number of aryl methyl sites for hydroxylation is 2. The summed E-state index contributed by atoms with van der Waals surface area (Å²) in [7, 11) is 7.22. The van der Waals surface area contributed by atoms with Crippen LogP contribution in [0.25, 0.3) is 0 Å². The first kappa shape index (κ1) is 34.8. The van der Waals surface area contributed by atoms with Crippen LogP contribution >= 0.6 is 0 Å². The average Bonchev–Trinajstić information content (AvgIpc) is 3.74. The molecular formula is C35H48FN3O3. The van der Waals surface area contributed by atoms with Crippen molar-refractivity contribution in [2.45, 2.75) is 44.4 Å². The molecule has 0 aromatic heterocycles. The van der Waals surface area contributed by atoms with Crippen molar-refractivity contribution in [1.82, 2.24) is 16.0 Å². The molecule has 4 rings (SSSR count). The van der Waals surface area contributed by atoms with Crippen molar-refractivity contribution in [2.24, 2.45) is 5.92 Å². The maximum atomic E-state index is 12.5. The summed E-state index contributed by atoms with van der Waals surface area (Å²) in [6.45, 7) is 4.83. The van der Waals surface area contributed by atoms with Gasteiger partial charge in [-0.05, 0) is 115 Å². The quantitative estimate of drug-likeness (QED) is 0.142. The van der Waals surface area contributed by atoms with Gasteiger partial charge in [-0.1, -0.05) is 60.2 Å². The number of carbonyl (C=O) groups is 2. The fourth-order valence-corrected chi connectivity index (χ4v) is 4.90. The van der Waals surface area contributed by atoms with Crippen LogP contribution in [0.15, 0.2) is 78.9 Å². The highest BCUT2D eigenvalue weighted by Crippen LogP contribution is 2.54. The largest absolute Gasteiger partial charge is 0.468 e.